The van der Waals surface area contributed by atoms with Crippen LogP contribution in [-0.2, 0) is 13.1 Å². The molecular formula is C9H11N5O3. The summed E-state index contributed by atoms with van der Waals surface area (Å²) < 4.78 is 6.37. The number of carbonyl (C=O) groups is 1. The minimum Gasteiger partial charge on any atom is -0.476 e. The summed E-state index contributed by atoms with van der Waals surface area (Å²) >= 11 is 0. The van der Waals surface area contributed by atoms with E-state index >= 15 is 0 Å². The second kappa shape index (κ2) is 5.21. The van der Waals surface area contributed by atoms with E-state index in [4.69, 9.17) is 9.63 Å². The molecule has 0 unspecified atom stereocenters. The Morgan fingerprint density at radius 2 is 2.47 bits per heavy atom. The number of carboxylic acid groups (broad SMARTS) is 1. The molecule has 0 atom stereocenters. The zero-order valence-corrected chi connectivity index (χ0v) is 8.91. The van der Waals surface area contributed by atoms with Crippen LogP contribution in [0.1, 0.15) is 16.2 Å². The Hall–Kier alpha value is -2.22. The zero-order valence-electron chi connectivity index (χ0n) is 8.91. The molecule has 0 aliphatic carbocycles. The first kappa shape index (κ1) is 11.3. The minimum atomic E-state index is -1.08. The summed E-state index contributed by atoms with van der Waals surface area (Å²) in [6.45, 7) is 1.73. The van der Waals surface area contributed by atoms with Crippen LogP contribution < -0.4 is 5.32 Å². The Labute approximate surface area is 96.2 Å². The first-order valence-electron chi connectivity index (χ1n) is 4.99. The molecule has 2 heterocycles. The van der Waals surface area contributed by atoms with Crippen LogP contribution in [0.5, 0.6) is 0 Å². The van der Waals surface area contributed by atoms with Crippen molar-refractivity contribution in [2.45, 2.75) is 13.1 Å². The molecule has 17 heavy (non-hydrogen) atoms. The third-order valence-corrected chi connectivity index (χ3v) is 2.07. The van der Waals surface area contributed by atoms with Gasteiger partial charge in [-0.05, 0) is 0 Å². The van der Waals surface area contributed by atoms with Gasteiger partial charge in [-0.25, -0.2) is 4.79 Å². The fourth-order valence-corrected chi connectivity index (χ4v) is 1.24. The third kappa shape index (κ3) is 3.11. The van der Waals surface area contributed by atoms with Crippen LogP contribution >= 0.6 is 0 Å². The molecule has 2 N–H and O–H groups in total. The van der Waals surface area contributed by atoms with Gasteiger partial charge in [-0.3, -0.25) is 4.68 Å². The zero-order chi connectivity index (χ0) is 12.1. The Kier molecular flexibility index (Phi) is 3.46. The largest absolute Gasteiger partial charge is 0.476 e. The Bertz CT molecular complexity index is 479. The Morgan fingerprint density at radius 1 is 1.59 bits per heavy atom. The van der Waals surface area contributed by atoms with Gasteiger partial charge in [-0.2, -0.15) is 0 Å². The molecule has 0 bridgehead atoms. The lowest BCUT2D eigenvalue weighted by Crippen LogP contribution is -2.19. The molecule has 0 fully saturated rings. The van der Waals surface area contributed by atoms with Crippen molar-refractivity contribution in [3.8, 4) is 0 Å². The maximum absolute atomic E-state index is 10.5. The highest BCUT2D eigenvalue weighted by molar-refractivity contribution is 5.84. The standard InChI is InChI=1S/C9H11N5O3/c15-9(16)8-6-14(13-12-8)4-3-10-5-7-1-2-11-17-7/h1-2,6,10H,3-5H2,(H,15,16). The van der Waals surface area contributed by atoms with Crippen molar-refractivity contribution >= 4 is 5.97 Å². The molecule has 0 saturated heterocycles. The van der Waals surface area contributed by atoms with Crippen LogP contribution in [0.15, 0.2) is 23.0 Å². The van der Waals surface area contributed by atoms with E-state index < -0.39 is 5.97 Å². The summed E-state index contributed by atoms with van der Waals surface area (Å²) in [6.07, 6.45) is 2.96. The van der Waals surface area contributed by atoms with Gasteiger partial charge in [-0.15, -0.1) is 5.10 Å². The van der Waals surface area contributed by atoms with Gasteiger partial charge >= 0.3 is 5.97 Å². The molecular weight excluding hydrogens is 226 g/mol. The highest BCUT2D eigenvalue weighted by Gasteiger charge is 2.07. The molecule has 2 rings (SSSR count). The summed E-state index contributed by atoms with van der Waals surface area (Å²) in [5.41, 5.74) is -0.0553. The second-order valence-corrected chi connectivity index (χ2v) is 3.33. The number of rotatable bonds is 6. The number of hydrogen-bond donors (Lipinski definition) is 2. The van der Waals surface area contributed by atoms with Crippen molar-refractivity contribution in [1.82, 2.24) is 25.5 Å². The topological polar surface area (TPSA) is 106 Å². The fourth-order valence-electron chi connectivity index (χ4n) is 1.24. The van der Waals surface area contributed by atoms with Gasteiger partial charge in [0.2, 0.25) is 0 Å². The molecule has 0 radical (unpaired) electrons. The predicted octanol–water partition coefficient (Wildman–Crippen LogP) is -0.246. The van der Waals surface area contributed by atoms with Gasteiger partial charge in [-0.1, -0.05) is 10.4 Å². The monoisotopic (exact) mass is 237 g/mol. The van der Waals surface area contributed by atoms with E-state index in [1.807, 2.05) is 0 Å². The fraction of sp³-hybridized carbons (Fsp3) is 0.333. The van der Waals surface area contributed by atoms with Crippen molar-refractivity contribution in [2.24, 2.45) is 0 Å². The van der Waals surface area contributed by atoms with Crippen LogP contribution in [0.4, 0.5) is 0 Å². The third-order valence-electron chi connectivity index (χ3n) is 2.07. The van der Waals surface area contributed by atoms with E-state index in [0.717, 1.165) is 5.76 Å². The molecule has 90 valence electrons. The number of nitrogens with zero attached hydrogens (tertiary/aromatic N) is 4. The number of hydrogen-bond acceptors (Lipinski definition) is 6. The van der Waals surface area contributed by atoms with Crippen LogP contribution in [0.3, 0.4) is 0 Å². The second-order valence-electron chi connectivity index (χ2n) is 3.33. The van der Waals surface area contributed by atoms with Gasteiger partial charge in [0.15, 0.2) is 5.69 Å². The van der Waals surface area contributed by atoms with Crippen molar-refractivity contribution in [1.29, 1.82) is 0 Å². The highest BCUT2D eigenvalue weighted by atomic mass is 16.5. The average Bonchev–Trinajstić information content (AvgIpc) is 2.96. The quantitative estimate of drug-likeness (QED) is 0.667. The summed E-state index contributed by atoms with van der Waals surface area (Å²) in [4.78, 5) is 10.5. The van der Waals surface area contributed by atoms with Crippen LogP contribution in [0.25, 0.3) is 0 Å². The summed E-state index contributed by atoms with van der Waals surface area (Å²) in [5, 5.41) is 22.5. The van der Waals surface area contributed by atoms with Crippen LogP contribution in [0, 0.1) is 0 Å². The van der Waals surface area contributed by atoms with Gasteiger partial charge in [0.1, 0.15) is 5.76 Å². The predicted molar refractivity (Wildman–Crippen MR) is 55.2 cm³/mol. The van der Waals surface area contributed by atoms with E-state index in [-0.39, 0.29) is 5.69 Å². The Balaban J connectivity index is 1.72. The first-order valence-corrected chi connectivity index (χ1v) is 4.99. The first-order chi connectivity index (χ1) is 8.25. The van der Waals surface area contributed by atoms with E-state index in [1.54, 1.807) is 12.3 Å². The van der Waals surface area contributed by atoms with Gasteiger partial charge in [0.05, 0.1) is 25.5 Å². The normalized spacial score (nSPS) is 10.6. The molecule has 0 saturated carbocycles. The lowest BCUT2D eigenvalue weighted by atomic mass is 10.4. The summed E-state index contributed by atoms with van der Waals surface area (Å²) in [7, 11) is 0. The molecule has 0 amide bonds. The number of aromatic nitrogens is 4. The maximum Gasteiger partial charge on any atom is 0.358 e. The molecule has 0 aliphatic rings. The van der Waals surface area contributed by atoms with E-state index in [2.05, 4.69) is 20.8 Å². The highest BCUT2D eigenvalue weighted by Crippen LogP contribution is 1.95. The maximum atomic E-state index is 10.5. The van der Waals surface area contributed by atoms with Crippen molar-refractivity contribution in [2.75, 3.05) is 6.54 Å². The summed E-state index contributed by atoms with van der Waals surface area (Å²) in [6, 6.07) is 1.77. The molecule has 2 aromatic rings. The van der Waals surface area contributed by atoms with Gasteiger partial charge < -0.3 is 14.9 Å². The average molecular weight is 237 g/mol. The van der Waals surface area contributed by atoms with E-state index in [0.29, 0.717) is 19.6 Å². The van der Waals surface area contributed by atoms with Gasteiger partial charge in [0, 0.05) is 12.6 Å². The molecule has 0 spiro atoms. The smallest absolute Gasteiger partial charge is 0.358 e. The molecule has 0 aromatic carbocycles. The van der Waals surface area contributed by atoms with Crippen molar-refractivity contribution < 1.29 is 14.4 Å². The molecule has 0 aliphatic heterocycles. The molecule has 2 aromatic heterocycles. The number of aromatic carboxylic acids is 1. The van der Waals surface area contributed by atoms with E-state index in [1.165, 1.54) is 10.9 Å². The number of nitrogens with one attached hydrogen (secondary N) is 1. The minimum absolute atomic E-state index is 0.0553. The molecule has 8 heteroatoms. The van der Waals surface area contributed by atoms with E-state index in [9.17, 15) is 4.79 Å². The Morgan fingerprint density at radius 3 is 3.12 bits per heavy atom. The van der Waals surface area contributed by atoms with Crippen LogP contribution in [-0.4, -0.2) is 37.8 Å². The van der Waals surface area contributed by atoms with Crippen LogP contribution in [0.2, 0.25) is 0 Å². The SMILES string of the molecule is O=C(O)c1cn(CCNCc2ccno2)nn1. The van der Waals surface area contributed by atoms with Crippen molar-refractivity contribution in [3.05, 3.63) is 29.9 Å². The lowest BCUT2D eigenvalue weighted by Gasteiger charge is -2.01. The lowest BCUT2D eigenvalue weighted by molar-refractivity contribution is 0.0690. The number of carboxylic acids is 1. The van der Waals surface area contributed by atoms with Crippen molar-refractivity contribution in [3.63, 3.8) is 0 Å². The summed E-state index contributed by atoms with van der Waals surface area (Å²) in [5.74, 6) is -0.333. The van der Waals surface area contributed by atoms with Gasteiger partial charge in [0.25, 0.3) is 0 Å². The molecule has 8 nitrogen and oxygen atoms in total.